The maximum atomic E-state index is 5.99. The summed E-state index contributed by atoms with van der Waals surface area (Å²) in [6.07, 6.45) is 6.06. The number of allylic oxidation sites excluding steroid dienone is 1. The Morgan fingerprint density at radius 2 is 2.25 bits per heavy atom. The van der Waals surface area contributed by atoms with E-state index in [4.69, 9.17) is 32.7 Å². The summed E-state index contributed by atoms with van der Waals surface area (Å²) >= 11 is 11.8. The van der Waals surface area contributed by atoms with Gasteiger partial charge in [0.15, 0.2) is 5.06 Å². The van der Waals surface area contributed by atoms with Gasteiger partial charge in [-0.05, 0) is 12.2 Å². The zero-order valence-electron chi connectivity index (χ0n) is 6.80. The van der Waals surface area contributed by atoms with Gasteiger partial charge in [-0.3, -0.25) is 0 Å². The fourth-order valence-electron chi connectivity index (χ4n) is 0.858. The van der Waals surface area contributed by atoms with Crippen LogP contribution in [0, 0.1) is 6.08 Å². The molecule has 0 heterocycles. The van der Waals surface area contributed by atoms with Crippen LogP contribution >= 0.6 is 23.2 Å². The highest BCUT2D eigenvalue weighted by molar-refractivity contribution is 6.33. The Morgan fingerprint density at radius 1 is 1.58 bits per heavy atom. The molecule has 1 aliphatic rings. The predicted octanol–water partition coefficient (Wildman–Crippen LogP) is 2.08. The second-order valence-corrected chi connectivity index (χ2v) is 3.35. The van der Waals surface area contributed by atoms with Crippen LogP contribution in [-0.4, -0.2) is 24.7 Å². The SMILES string of the molecule is COC1=CC(Cl)(OC)C(Cl)[C]=C1. The average Bonchev–Trinajstić information content (AvgIpc) is 2.10. The molecule has 0 amide bonds. The van der Waals surface area contributed by atoms with E-state index < -0.39 is 10.4 Å². The zero-order chi connectivity index (χ0) is 9.19. The van der Waals surface area contributed by atoms with E-state index >= 15 is 0 Å². The molecule has 4 heteroatoms. The highest BCUT2D eigenvalue weighted by Gasteiger charge is 2.35. The van der Waals surface area contributed by atoms with Gasteiger partial charge >= 0.3 is 0 Å². The van der Waals surface area contributed by atoms with E-state index in [1.165, 1.54) is 7.11 Å². The Morgan fingerprint density at radius 3 is 2.75 bits per heavy atom. The van der Waals surface area contributed by atoms with Crippen molar-refractivity contribution in [1.29, 1.82) is 0 Å². The summed E-state index contributed by atoms with van der Waals surface area (Å²) in [5.74, 6) is 0.601. The molecule has 0 aromatic carbocycles. The van der Waals surface area contributed by atoms with Gasteiger partial charge in [0, 0.05) is 13.2 Å². The van der Waals surface area contributed by atoms with Crippen molar-refractivity contribution in [2.45, 2.75) is 10.4 Å². The summed E-state index contributed by atoms with van der Waals surface area (Å²) in [7, 11) is 3.03. The van der Waals surface area contributed by atoms with Gasteiger partial charge in [-0.25, -0.2) is 0 Å². The van der Waals surface area contributed by atoms with Crippen molar-refractivity contribution in [3.8, 4) is 0 Å². The van der Waals surface area contributed by atoms with Crippen LogP contribution in [0.25, 0.3) is 0 Å². The number of ether oxygens (including phenoxy) is 2. The van der Waals surface area contributed by atoms with Crippen LogP contribution in [-0.2, 0) is 9.47 Å². The first kappa shape index (κ1) is 9.90. The molecule has 2 unspecified atom stereocenters. The Balaban J connectivity index is 2.88. The lowest BCUT2D eigenvalue weighted by Crippen LogP contribution is -2.34. The van der Waals surface area contributed by atoms with Gasteiger partial charge in [-0.15, -0.1) is 11.6 Å². The lowest BCUT2D eigenvalue weighted by Gasteiger charge is -2.27. The molecule has 67 valence electrons. The first-order chi connectivity index (χ1) is 5.62. The maximum Gasteiger partial charge on any atom is 0.184 e. The number of halogens is 2. The van der Waals surface area contributed by atoms with Gasteiger partial charge in [0.05, 0.1) is 7.11 Å². The molecule has 2 atom stereocenters. The third-order valence-corrected chi connectivity index (χ3v) is 2.65. The molecule has 0 fully saturated rings. The van der Waals surface area contributed by atoms with E-state index in [9.17, 15) is 0 Å². The second kappa shape index (κ2) is 3.69. The van der Waals surface area contributed by atoms with Crippen LogP contribution in [0.3, 0.4) is 0 Å². The van der Waals surface area contributed by atoms with Crippen LogP contribution in [0.5, 0.6) is 0 Å². The maximum absolute atomic E-state index is 5.99. The monoisotopic (exact) mass is 207 g/mol. The Labute approximate surface area is 81.7 Å². The van der Waals surface area contributed by atoms with Crippen molar-refractivity contribution in [3.05, 3.63) is 24.0 Å². The Bertz CT molecular complexity index is 225. The minimum Gasteiger partial charge on any atom is -0.497 e. The van der Waals surface area contributed by atoms with Crippen molar-refractivity contribution >= 4 is 23.2 Å². The number of alkyl halides is 2. The van der Waals surface area contributed by atoms with Crippen LogP contribution in [0.4, 0.5) is 0 Å². The summed E-state index contributed by atoms with van der Waals surface area (Å²) in [6, 6.07) is 0. The minimum atomic E-state index is -1.04. The molecule has 0 N–H and O–H groups in total. The first-order valence-corrected chi connectivity index (χ1v) is 4.18. The quantitative estimate of drug-likeness (QED) is 0.646. The van der Waals surface area contributed by atoms with Crippen LogP contribution in [0.15, 0.2) is 17.9 Å². The number of rotatable bonds is 2. The third-order valence-electron chi connectivity index (χ3n) is 1.61. The fourth-order valence-corrected chi connectivity index (χ4v) is 1.24. The predicted molar refractivity (Wildman–Crippen MR) is 48.1 cm³/mol. The van der Waals surface area contributed by atoms with Gasteiger partial charge in [0.2, 0.25) is 0 Å². The smallest absolute Gasteiger partial charge is 0.184 e. The Kier molecular flexibility index (Phi) is 3.04. The van der Waals surface area contributed by atoms with E-state index in [1.807, 2.05) is 0 Å². The highest BCUT2D eigenvalue weighted by Crippen LogP contribution is 2.32. The highest BCUT2D eigenvalue weighted by atomic mass is 35.5. The van der Waals surface area contributed by atoms with Crippen molar-refractivity contribution in [2.75, 3.05) is 14.2 Å². The number of hydrogen-bond acceptors (Lipinski definition) is 2. The second-order valence-electron chi connectivity index (χ2n) is 2.33. The van der Waals surface area contributed by atoms with E-state index in [0.717, 1.165) is 0 Å². The van der Waals surface area contributed by atoms with Crippen molar-refractivity contribution in [1.82, 2.24) is 0 Å². The summed E-state index contributed by atoms with van der Waals surface area (Å²) in [6.45, 7) is 0. The molecule has 0 saturated carbocycles. The molecule has 1 aliphatic carbocycles. The molecule has 1 rings (SSSR count). The molecular formula is C8H9Cl2O2. The van der Waals surface area contributed by atoms with Gasteiger partial charge < -0.3 is 9.47 Å². The number of methoxy groups -OCH3 is 2. The van der Waals surface area contributed by atoms with Crippen molar-refractivity contribution < 1.29 is 9.47 Å². The molecule has 0 aromatic heterocycles. The van der Waals surface area contributed by atoms with Gasteiger partial charge in [-0.2, -0.15) is 0 Å². The molecule has 0 bridgehead atoms. The summed E-state index contributed by atoms with van der Waals surface area (Å²) in [4.78, 5) is 0. The molecule has 0 spiro atoms. The largest absolute Gasteiger partial charge is 0.497 e. The van der Waals surface area contributed by atoms with Crippen LogP contribution < -0.4 is 0 Å². The fraction of sp³-hybridized carbons (Fsp3) is 0.500. The van der Waals surface area contributed by atoms with Gasteiger partial charge in [-0.1, -0.05) is 11.6 Å². The summed E-state index contributed by atoms with van der Waals surface area (Å²) in [5, 5.41) is -1.54. The molecule has 0 saturated heterocycles. The summed E-state index contributed by atoms with van der Waals surface area (Å²) in [5.41, 5.74) is 0. The van der Waals surface area contributed by atoms with Crippen molar-refractivity contribution in [2.24, 2.45) is 0 Å². The Hall–Kier alpha value is -0.180. The lowest BCUT2D eigenvalue weighted by molar-refractivity contribution is 0.102. The normalized spacial score (nSPS) is 34.7. The van der Waals surface area contributed by atoms with Crippen molar-refractivity contribution in [3.63, 3.8) is 0 Å². The van der Waals surface area contributed by atoms with E-state index in [2.05, 4.69) is 6.08 Å². The van der Waals surface area contributed by atoms with E-state index in [-0.39, 0.29) is 0 Å². The molecule has 0 aliphatic heterocycles. The zero-order valence-corrected chi connectivity index (χ0v) is 8.32. The third kappa shape index (κ3) is 1.76. The summed E-state index contributed by atoms with van der Waals surface area (Å²) < 4.78 is 9.97. The molecule has 12 heavy (non-hydrogen) atoms. The average molecular weight is 208 g/mol. The van der Waals surface area contributed by atoms with Crippen LogP contribution in [0.1, 0.15) is 0 Å². The standard InChI is InChI=1S/C8H9Cl2O2/c1-11-6-3-4-7(9)8(10,5-6)12-2/h3,5,7H,1-2H3. The van der Waals surface area contributed by atoms with Gasteiger partial charge in [0.1, 0.15) is 11.1 Å². The lowest BCUT2D eigenvalue weighted by atomic mass is 10.1. The van der Waals surface area contributed by atoms with Crippen LogP contribution in [0.2, 0.25) is 0 Å². The molecule has 1 radical (unpaired) electrons. The van der Waals surface area contributed by atoms with E-state index in [0.29, 0.717) is 5.76 Å². The first-order valence-electron chi connectivity index (χ1n) is 3.36. The number of hydrogen-bond donors (Lipinski definition) is 0. The minimum absolute atomic E-state index is 0.497. The molecular weight excluding hydrogens is 199 g/mol. The molecule has 0 aromatic rings. The van der Waals surface area contributed by atoms with E-state index in [1.54, 1.807) is 19.3 Å². The topological polar surface area (TPSA) is 18.5 Å². The van der Waals surface area contributed by atoms with Gasteiger partial charge in [0.25, 0.3) is 0 Å². The molecule has 2 nitrogen and oxygen atoms in total.